The van der Waals surface area contributed by atoms with Crippen molar-refractivity contribution in [2.24, 2.45) is 0 Å². The van der Waals surface area contributed by atoms with Gasteiger partial charge in [0.2, 0.25) is 11.0 Å². The lowest BCUT2D eigenvalue weighted by molar-refractivity contribution is -0.119. The van der Waals surface area contributed by atoms with Gasteiger partial charge in [-0.25, -0.2) is 8.78 Å². The number of benzene rings is 1. The highest BCUT2D eigenvalue weighted by molar-refractivity contribution is 8.01. The molecule has 1 aromatic carbocycles. The summed E-state index contributed by atoms with van der Waals surface area (Å²) in [5, 5.41) is 12.2. The van der Waals surface area contributed by atoms with Crippen molar-refractivity contribution >= 4 is 40.0 Å². The van der Waals surface area contributed by atoms with Crippen LogP contribution in [0.15, 0.2) is 22.5 Å². The first-order valence-electron chi connectivity index (χ1n) is 10.2. The van der Waals surface area contributed by atoms with E-state index in [2.05, 4.69) is 15.5 Å². The maximum atomic E-state index is 13.9. The molecule has 1 saturated heterocycles. The second kappa shape index (κ2) is 9.90. The molecular weight excluding hydrogens is 444 g/mol. The van der Waals surface area contributed by atoms with Crippen LogP contribution in [0.1, 0.15) is 36.0 Å². The summed E-state index contributed by atoms with van der Waals surface area (Å²) in [6.07, 6.45) is 4.47. The largest absolute Gasteiger partial charge is 0.353 e. The van der Waals surface area contributed by atoms with Gasteiger partial charge in [-0.3, -0.25) is 9.59 Å². The van der Waals surface area contributed by atoms with E-state index in [0.29, 0.717) is 38.0 Å². The molecule has 7 nitrogen and oxygen atoms in total. The van der Waals surface area contributed by atoms with E-state index in [1.54, 1.807) is 4.90 Å². The van der Waals surface area contributed by atoms with Crippen LogP contribution in [-0.4, -0.2) is 64.9 Å². The van der Waals surface area contributed by atoms with E-state index < -0.39 is 17.5 Å². The minimum atomic E-state index is -0.852. The first-order valence-corrected chi connectivity index (χ1v) is 12.0. The Balaban J connectivity index is 1.26. The average Bonchev–Trinajstić information content (AvgIpc) is 3.44. The summed E-state index contributed by atoms with van der Waals surface area (Å²) in [5.74, 6) is -1.67. The molecule has 1 saturated carbocycles. The summed E-state index contributed by atoms with van der Waals surface area (Å²) in [6.45, 7) is 1.88. The Hall–Kier alpha value is -2.27. The molecule has 1 N–H and O–H groups in total. The Morgan fingerprint density at radius 1 is 1.13 bits per heavy atom. The van der Waals surface area contributed by atoms with Gasteiger partial charge in [-0.2, -0.15) is 0 Å². The number of nitrogens with zero attached hydrogens (tertiary/aromatic N) is 4. The maximum absolute atomic E-state index is 13.9. The molecule has 11 heteroatoms. The number of amides is 2. The van der Waals surface area contributed by atoms with E-state index in [-0.39, 0.29) is 11.5 Å². The fourth-order valence-electron chi connectivity index (χ4n) is 3.79. The molecule has 0 spiro atoms. The van der Waals surface area contributed by atoms with Gasteiger partial charge in [0.25, 0.3) is 5.91 Å². The molecular formula is C20H23F2N5O2S2. The van der Waals surface area contributed by atoms with Crippen LogP contribution in [0.5, 0.6) is 0 Å². The minimum absolute atomic E-state index is 0.0220. The Labute approximate surface area is 187 Å². The highest BCUT2D eigenvalue weighted by atomic mass is 32.2. The lowest BCUT2D eigenvalue weighted by Crippen LogP contribution is -2.49. The summed E-state index contributed by atoms with van der Waals surface area (Å²) >= 11 is 2.79. The lowest BCUT2D eigenvalue weighted by Gasteiger charge is -2.34. The van der Waals surface area contributed by atoms with E-state index in [9.17, 15) is 18.4 Å². The van der Waals surface area contributed by atoms with Crippen LogP contribution in [0.3, 0.4) is 0 Å². The van der Waals surface area contributed by atoms with Gasteiger partial charge >= 0.3 is 0 Å². The average molecular weight is 468 g/mol. The predicted octanol–water partition coefficient (Wildman–Crippen LogP) is 2.93. The molecule has 0 atom stereocenters. The summed E-state index contributed by atoms with van der Waals surface area (Å²) in [7, 11) is 0. The number of carbonyl (C=O) groups is 2. The lowest BCUT2D eigenvalue weighted by atomic mass is 10.1. The van der Waals surface area contributed by atoms with Crippen LogP contribution >= 0.6 is 23.1 Å². The number of rotatable bonds is 6. The zero-order chi connectivity index (χ0) is 21.8. The number of anilines is 1. The first kappa shape index (κ1) is 21.9. The normalized spacial score (nSPS) is 17.2. The molecule has 0 unspecified atom stereocenters. The number of thioether (sulfide) groups is 1. The molecule has 2 aliphatic rings. The number of nitrogens with one attached hydrogen (secondary N) is 1. The van der Waals surface area contributed by atoms with Gasteiger partial charge in [0.1, 0.15) is 11.6 Å². The molecule has 1 aliphatic heterocycles. The molecule has 2 heterocycles. The van der Waals surface area contributed by atoms with Gasteiger partial charge in [0, 0.05) is 38.3 Å². The number of piperazine rings is 1. The third-order valence-electron chi connectivity index (χ3n) is 5.44. The summed E-state index contributed by atoms with van der Waals surface area (Å²) in [5.41, 5.74) is -0.125. The zero-order valence-corrected chi connectivity index (χ0v) is 18.5. The molecule has 1 aliphatic carbocycles. The van der Waals surface area contributed by atoms with Crippen molar-refractivity contribution in [1.82, 2.24) is 20.4 Å². The smallest absolute Gasteiger partial charge is 0.256 e. The topological polar surface area (TPSA) is 78.4 Å². The molecule has 1 aromatic heterocycles. The maximum Gasteiger partial charge on any atom is 0.256 e. The van der Waals surface area contributed by atoms with Crippen LogP contribution in [0.2, 0.25) is 0 Å². The van der Waals surface area contributed by atoms with E-state index in [1.807, 2.05) is 4.90 Å². The third kappa shape index (κ3) is 5.51. The fourth-order valence-corrected chi connectivity index (χ4v) is 5.49. The van der Waals surface area contributed by atoms with E-state index in [0.717, 1.165) is 34.4 Å². The third-order valence-corrected chi connectivity index (χ3v) is 7.56. The van der Waals surface area contributed by atoms with E-state index in [4.69, 9.17) is 0 Å². The number of hydrogen-bond donors (Lipinski definition) is 1. The number of aromatic nitrogens is 2. The van der Waals surface area contributed by atoms with Crippen molar-refractivity contribution in [3.63, 3.8) is 0 Å². The van der Waals surface area contributed by atoms with Gasteiger partial charge in [-0.1, -0.05) is 35.9 Å². The van der Waals surface area contributed by atoms with Crippen molar-refractivity contribution in [2.75, 3.05) is 36.8 Å². The van der Waals surface area contributed by atoms with Crippen molar-refractivity contribution in [2.45, 2.75) is 36.1 Å². The van der Waals surface area contributed by atoms with Crippen molar-refractivity contribution in [3.05, 3.63) is 35.4 Å². The monoisotopic (exact) mass is 467 g/mol. The van der Waals surface area contributed by atoms with Crippen molar-refractivity contribution in [3.8, 4) is 0 Å². The standard InChI is InChI=1S/C20H23F2N5O2S2/c21-13-5-6-15(16(22)11-13)18(29)26-7-9-27(10-8-26)19-24-25-20(31-19)30-12-17(28)23-14-3-1-2-4-14/h5-6,11,14H,1-4,7-10,12H2,(H,23,28). The zero-order valence-electron chi connectivity index (χ0n) is 16.9. The Morgan fingerprint density at radius 3 is 2.58 bits per heavy atom. The van der Waals surface area contributed by atoms with Crippen LogP contribution in [-0.2, 0) is 4.79 Å². The van der Waals surface area contributed by atoms with Gasteiger partial charge in [-0.05, 0) is 25.0 Å². The Bertz CT molecular complexity index is 943. The molecule has 31 heavy (non-hydrogen) atoms. The van der Waals surface area contributed by atoms with E-state index >= 15 is 0 Å². The van der Waals surface area contributed by atoms with Crippen molar-refractivity contribution < 1.29 is 18.4 Å². The quantitative estimate of drug-likeness (QED) is 0.659. The molecule has 2 aromatic rings. The summed E-state index contributed by atoms with van der Waals surface area (Å²) in [4.78, 5) is 28.2. The molecule has 166 valence electrons. The molecule has 2 amide bonds. The second-order valence-electron chi connectivity index (χ2n) is 7.59. The van der Waals surface area contributed by atoms with Gasteiger partial charge in [0.05, 0.1) is 11.3 Å². The Morgan fingerprint density at radius 2 is 1.87 bits per heavy atom. The molecule has 0 bridgehead atoms. The number of carbonyl (C=O) groups excluding carboxylic acids is 2. The Kier molecular flexibility index (Phi) is 7.01. The van der Waals surface area contributed by atoms with Crippen LogP contribution in [0.4, 0.5) is 13.9 Å². The molecule has 2 fully saturated rings. The minimum Gasteiger partial charge on any atom is -0.353 e. The second-order valence-corrected chi connectivity index (χ2v) is 9.77. The highest BCUT2D eigenvalue weighted by Crippen LogP contribution is 2.29. The summed E-state index contributed by atoms with van der Waals surface area (Å²) < 4.78 is 27.7. The van der Waals surface area contributed by atoms with Gasteiger partial charge in [0.15, 0.2) is 4.34 Å². The predicted molar refractivity (Wildman–Crippen MR) is 116 cm³/mol. The number of hydrogen-bond acceptors (Lipinski definition) is 7. The SMILES string of the molecule is O=C(CSc1nnc(N2CCN(C(=O)c3ccc(F)cc3F)CC2)s1)NC1CCCC1. The number of halogens is 2. The first-order chi connectivity index (χ1) is 15.0. The van der Waals surface area contributed by atoms with Gasteiger partial charge in [-0.15, -0.1) is 10.2 Å². The van der Waals surface area contributed by atoms with E-state index in [1.165, 1.54) is 42.0 Å². The van der Waals surface area contributed by atoms with Crippen LogP contribution < -0.4 is 10.2 Å². The molecule has 0 radical (unpaired) electrons. The summed E-state index contributed by atoms with van der Waals surface area (Å²) in [6, 6.07) is 3.29. The molecule has 4 rings (SSSR count). The van der Waals surface area contributed by atoms with Gasteiger partial charge < -0.3 is 15.1 Å². The van der Waals surface area contributed by atoms with Crippen LogP contribution in [0, 0.1) is 11.6 Å². The van der Waals surface area contributed by atoms with Crippen LogP contribution in [0.25, 0.3) is 0 Å². The fraction of sp³-hybridized carbons (Fsp3) is 0.500. The van der Waals surface area contributed by atoms with Crippen molar-refractivity contribution in [1.29, 1.82) is 0 Å². The highest BCUT2D eigenvalue weighted by Gasteiger charge is 2.26.